The van der Waals surface area contributed by atoms with Crippen LogP contribution in [0.3, 0.4) is 0 Å². The van der Waals surface area contributed by atoms with Gasteiger partial charge in [0.15, 0.2) is 16.0 Å². The van der Waals surface area contributed by atoms with Gasteiger partial charge in [0, 0.05) is 23.4 Å². The molecule has 0 spiro atoms. The number of β-lactam (4-membered cyclic amide) rings is 1. The number of hydrogen-bond acceptors (Lipinski definition) is 13. The van der Waals surface area contributed by atoms with Gasteiger partial charge >= 0.3 is 17.1 Å². The zero-order valence-corrected chi connectivity index (χ0v) is 21.7. The Bertz CT molecular complexity index is 1450. The van der Waals surface area contributed by atoms with Crippen molar-refractivity contribution in [3.8, 4) is 0 Å². The molecule has 0 aliphatic carbocycles. The van der Waals surface area contributed by atoms with Crippen LogP contribution in [0.25, 0.3) is 0 Å². The molecule has 15 nitrogen and oxygen atoms in total. The number of thioether (sulfide) groups is 2. The first-order valence-corrected chi connectivity index (χ1v) is 13.4. The fourth-order valence-corrected chi connectivity index (χ4v) is 6.70. The van der Waals surface area contributed by atoms with Gasteiger partial charge in [-0.1, -0.05) is 16.9 Å². The van der Waals surface area contributed by atoms with Gasteiger partial charge in [0.2, 0.25) is 0 Å². The number of carbonyl (C=O) groups is 3. The summed E-state index contributed by atoms with van der Waals surface area (Å²) >= 11 is 3.44. The zero-order chi connectivity index (χ0) is 26.9. The molecule has 0 radical (unpaired) electrons. The summed E-state index contributed by atoms with van der Waals surface area (Å²) < 4.78 is 1.18. The number of nitrogens with one attached hydrogen (secondary N) is 2. The molecule has 0 unspecified atom stereocenters. The van der Waals surface area contributed by atoms with Gasteiger partial charge in [-0.15, -0.1) is 28.2 Å². The number of nitrogens with two attached hydrogens (primary N) is 1. The highest BCUT2D eigenvalue weighted by molar-refractivity contribution is 8.01. The first-order chi connectivity index (χ1) is 17.7. The lowest BCUT2D eigenvalue weighted by Crippen LogP contribution is -2.71. The number of aliphatic carboxylic acids is 1. The Hall–Kier alpha value is -3.64. The van der Waals surface area contributed by atoms with E-state index in [1.807, 2.05) is 0 Å². The molecular formula is C19H20N8O7S3. The highest BCUT2D eigenvalue weighted by atomic mass is 32.2. The van der Waals surface area contributed by atoms with Gasteiger partial charge in [-0.25, -0.2) is 14.9 Å². The number of anilines is 1. The Morgan fingerprint density at radius 1 is 1.41 bits per heavy atom. The first-order valence-electron chi connectivity index (χ1n) is 10.5. The van der Waals surface area contributed by atoms with E-state index in [1.54, 1.807) is 6.92 Å². The van der Waals surface area contributed by atoms with Crippen LogP contribution in [-0.4, -0.2) is 83.3 Å². The lowest BCUT2D eigenvalue weighted by atomic mass is 10.0. The molecule has 4 rings (SSSR count). The van der Waals surface area contributed by atoms with E-state index in [2.05, 4.69) is 25.7 Å². The second-order valence-corrected chi connectivity index (χ2v) is 10.4. The SMILES string of the molecule is CCn1c(SCC2=C(C(=O)O)N3C(=O)[C@@H](NC(=O)C(=NOC)c4csc(N)n4)[C@@H]3SC2)n[nH]c(=O)c1=O. The van der Waals surface area contributed by atoms with E-state index in [0.717, 1.165) is 28.0 Å². The molecular weight excluding hydrogens is 548 g/mol. The number of nitrogen functional groups attached to an aromatic ring is 1. The monoisotopic (exact) mass is 568 g/mol. The maximum absolute atomic E-state index is 13.0. The van der Waals surface area contributed by atoms with Gasteiger partial charge < -0.3 is 21.0 Å². The predicted molar refractivity (Wildman–Crippen MR) is 135 cm³/mol. The molecule has 2 aliphatic heterocycles. The number of nitrogens with zero attached hydrogens (tertiary/aromatic N) is 5. The summed E-state index contributed by atoms with van der Waals surface area (Å²) in [6, 6.07) is -0.995. The number of hydrogen-bond donors (Lipinski definition) is 4. The largest absolute Gasteiger partial charge is 0.477 e. The normalized spacial score (nSPS) is 19.4. The number of H-pyrrole nitrogens is 1. The molecule has 0 aromatic carbocycles. The van der Waals surface area contributed by atoms with Crippen molar-refractivity contribution in [2.45, 2.75) is 30.0 Å². The highest BCUT2D eigenvalue weighted by Crippen LogP contribution is 2.41. The molecule has 2 aliphatic rings. The number of amides is 2. The number of rotatable bonds is 9. The van der Waals surface area contributed by atoms with Crippen LogP contribution in [0, 0.1) is 0 Å². The maximum atomic E-state index is 13.0. The van der Waals surface area contributed by atoms with Gasteiger partial charge in [-0.05, 0) is 12.5 Å². The molecule has 4 heterocycles. The van der Waals surface area contributed by atoms with Crippen molar-refractivity contribution in [2.75, 3.05) is 24.3 Å². The smallest absolute Gasteiger partial charge is 0.352 e. The topological polar surface area (TPSA) is 215 Å². The first kappa shape index (κ1) is 26.4. The molecule has 196 valence electrons. The number of aromatic amines is 1. The summed E-state index contributed by atoms with van der Waals surface area (Å²) in [7, 11) is 1.25. The number of fused-ring (bicyclic) bond motifs is 1. The summed E-state index contributed by atoms with van der Waals surface area (Å²) in [6.07, 6.45) is 0. The number of carboxylic acids is 1. The van der Waals surface area contributed by atoms with Crippen LogP contribution < -0.4 is 22.2 Å². The molecule has 37 heavy (non-hydrogen) atoms. The van der Waals surface area contributed by atoms with E-state index in [4.69, 9.17) is 10.6 Å². The van der Waals surface area contributed by atoms with E-state index >= 15 is 0 Å². The van der Waals surface area contributed by atoms with Crippen LogP contribution in [0.1, 0.15) is 12.6 Å². The number of oxime groups is 1. The van der Waals surface area contributed by atoms with Crippen LogP contribution >= 0.6 is 34.9 Å². The fourth-order valence-electron chi connectivity index (χ4n) is 3.65. The van der Waals surface area contributed by atoms with E-state index in [-0.39, 0.29) is 45.4 Å². The van der Waals surface area contributed by atoms with Gasteiger partial charge in [0.1, 0.15) is 29.9 Å². The minimum atomic E-state index is -1.30. The molecule has 2 atom stereocenters. The van der Waals surface area contributed by atoms with Gasteiger partial charge in [-0.2, -0.15) is 0 Å². The summed E-state index contributed by atoms with van der Waals surface area (Å²) in [6.45, 7) is 1.88. The standard InChI is InChI=1S/C19H20N8O7S3/c1-3-26-15(31)13(29)23-24-19(26)37-5-7-4-35-16-10(14(30)27(16)11(7)17(32)33)22-12(28)9(25-34-2)8-6-36-18(20)21-8/h6,10,16H,3-5H2,1-2H3,(H2,20,21)(H,22,28)(H,23,29)(H,32,33)/t10-,16+/m1/s1. The van der Waals surface area contributed by atoms with Crippen LogP contribution in [0.15, 0.2) is 36.6 Å². The van der Waals surface area contributed by atoms with E-state index in [1.165, 1.54) is 28.8 Å². The fraction of sp³-hybridized carbons (Fsp3) is 0.368. The van der Waals surface area contributed by atoms with Crippen molar-refractivity contribution in [2.24, 2.45) is 5.16 Å². The van der Waals surface area contributed by atoms with Crippen molar-refractivity contribution < 1.29 is 24.3 Å². The number of aromatic nitrogens is 4. The molecule has 0 saturated carbocycles. The third-order valence-corrected chi connectivity index (χ3v) is 8.39. The quantitative estimate of drug-likeness (QED) is 0.0929. The van der Waals surface area contributed by atoms with Crippen LogP contribution in [-0.2, 0) is 25.8 Å². The van der Waals surface area contributed by atoms with E-state index < -0.39 is 40.3 Å². The highest BCUT2D eigenvalue weighted by Gasteiger charge is 2.54. The number of carbonyl (C=O) groups excluding carboxylic acids is 2. The minimum Gasteiger partial charge on any atom is -0.477 e. The minimum absolute atomic E-state index is 0.108. The van der Waals surface area contributed by atoms with Crippen molar-refractivity contribution in [3.05, 3.63) is 43.1 Å². The third-order valence-electron chi connectivity index (χ3n) is 5.31. The molecule has 2 amide bonds. The Labute approximate surface area is 220 Å². The lowest BCUT2D eigenvalue weighted by molar-refractivity contribution is -0.150. The number of thiazole rings is 1. The molecule has 2 aromatic heterocycles. The predicted octanol–water partition coefficient (Wildman–Crippen LogP) is -1.13. The maximum Gasteiger partial charge on any atom is 0.352 e. The molecule has 1 saturated heterocycles. The average Bonchev–Trinajstić information content (AvgIpc) is 3.31. The van der Waals surface area contributed by atoms with Gasteiger partial charge in [0.25, 0.3) is 11.8 Å². The van der Waals surface area contributed by atoms with Crippen molar-refractivity contribution in [1.29, 1.82) is 0 Å². The van der Waals surface area contributed by atoms with Gasteiger partial charge in [0.05, 0.1) is 0 Å². The molecule has 1 fully saturated rings. The molecule has 0 bridgehead atoms. The molecule has 18 heteroatoms. The Kier molecular flexibility index (Phi) is 7.69. The Balaban J connectivity index is 1.52. The lowest BCUT2D eigenvalue weighted by Gasteiger charge is -2.49. The molecule has 5 N–H and O–H groups in total. The van der Waals surface area contributed by atoms with Crippen molar-refractivity contribution in [3.63, 3.8) is 0 Å². The van der Waals surface area contributed by atoms with Crippen LogP contribution in [0.5, 0.6) is 0 Å². The second kappa shape index (κ2) is 10.8. The summed E-state index contributed by atoms with van der Waals surface area (Å²) in [5.74, 6) is -2.28. The van der Waals surface area contributed by atoms with E-state index in [9.17, 15) is 29.1 Å². The second-order valence-electron chi connectivity index (χ2n) is 7.49. The third kappa shape index (κ3) is 4.98. The van der Waals surface area contributed by atoms with Crippen LogP contribution in [0.2, 0.25) is 0 Å². The molecule has 2 aromatic rings. The summed E-state index contributed by atoms with van der Waals surface area (Å²) in [4.78, 5) is 71.4. The average molecular weight is 569 g/mol. The Morgan fingerprint density at radius 3 is 2.78 bits per heavy atom. The van der Waals surface area contributed by atoms with E-state index in [0.29, 0.717) is 5.57 Å². The van der Waals surface area contributed by atoms with Gasteiger partial charge in [-0.3, -0.25) is 28.6 Å². The Morgan fingerprint density at radius 2 is 2.16 bits per heavy atom. The number of carboxylic acid groups (broad SMARTS) is 1. The van der Waals surface area contributed by atoms with Crippen LogP contribution in [0.4, 0.5) is 5.13 Å². The van der Waals surface area contributed by atoms with Crippen molar-refractivity contribution >= 4 is 63.5 Å². The summed E-state index contributed by atoms with van der Waals surface area (Å²) in [5.41, 5.74) is 4.24. The van der Waals surface area contributed by atoms with Crippen molar-refractivity contribution in [1.82, 2.24) is 30.0 Å². The zero-order valence-electron chi connectivity index (χ0n) is 19.3. The summed E-state index contributed by atoms with van der Waals surface area (Å²) in [5, 5.41) is 23.4.